The van der Waals surface area contributed by atoms with E-state index in [0.29, 0.717) is 17.3 Å². The Labute approximate surface area is 139 Å². The standard InChI is InChI=1S/C18H18N4O2/c1-12-11-16(21-24-12)19-18(23)17-14-9-5-6-10-15(14)22(20-17)13-7-3-2-4-8-13/h2-4,7-8,11H,5-6,9-10H2,1H3,(H,19,21,23). The number of fused-ring (bicyclic) bond motifs is 1. The van der Waals surface area contributed by atoms with Gasteiger partial charge in [-0.25, -0.2) is 4.68 Å². The number of nitrogens with one attached hydrogen (secondary N) is 1. The van der Waals surface area contributed by atoms with E-state index in [9.17, 15) is 4.79 Å². The van der Waals surface area contributed by atoms with E-state index in [4.69, 9.17) is 4.52 Å². The molecule has 1 aliphatic rings. The molecule has 2 aromatic heterocycles. The Balaban J connectivity index is 1.73. The molecule has 0 saturated carbocycles. The molecule has 0 fully saturated rings. The van der Waals surface area contributed by atoms with Crippen molar-refractivity contribution < 1.29 is 9.32 Å². The van der Waals surface area contributed by atoms with Crippen molar-refractivity contribution in [2.45, 2.75) is 32.6 Å². The van der Waals surface area contributed by atoms with Crippen LogP contribution in [-0.2, 0) is 12.8 Å². The van der Waals surface area contributed by atoms with Gasteiger partial charge in [0.2, 0.25) is 0 Å². The monoisotopic (exact) mass is 322 g/mol. The predicted octanol–water partition coefficient (Wildman–Crippen LogP) is 3.30. The second-order valence-electron chi connectivity index (χ2n) is 6.01. The zero-order valence-corrected chi connectivity index (χ0v) is 13.5. The smallest absolute Gasteiger partial charge is 0.277 e. The quantitative estimate of drug-likeness (QED) is 0.803. The molecule has 0 unspecified atom stereocenters. The second-order valence-corrected chi connectivity index (χ2v) is 6.01. The number of amides is 1. The van der Waals surface area contributed by atoms with Crippen molar-refractivity contribution in [2.24, 2.45) is 0 Å². The Hall–Kier alpha value is -2.89. The predicted molar refractivity (Wildman–Crippen MR) is 89.4 cm³/mol. The normalized spacial score (nSPS) is 13.5. The maximum atomic E-state index is 12.7. The fourth-order valence-electron chi connectivity index (χ4n) is 3.16. The highest BCUT2D eigenvalue weighted by Crippen LogP contribution is 2.27. The Morgan fingerprint density at radius 1 is 1.21 bits per heavy atom. The van der Waals surface area contributed by atoms with Crippen molar-refractivity contribution in [3.8, 4) is 5.69 Å². The van der Waals surface area contributed by atoms with E-state index in [0.717, 1.165) is 42.6 Å². The summed E-state index contributed by atoms with van der Waals surface area (Å²) < 4.78 is 6.90. The number of aryl methyl sites for hydroxylation is 1. The molecule has 0 atom stereocenters. The first-order chi connectivity index (χ1) is 11.7. The number of anilines is 1. The fraction of sp³-hybridized carbons (Fsp3) is 0.278. The molecule has 0 saturated heterocycles. The zero-order chi connectivity index (χ0) is 16.5. The van der Waals surface area contributed by atoms with Crippen LogP contribution < -0.4 is 5.32 Å². The Bertz CT molecular complexity index is 880. The van der Waals surface area contributed by atoms with Crippen molar-refractivity contribution in [3.05, 3.63) is 59.1 Å². The Kier molecular flexibility index (Phi) is 3.65. The van der Waals surface area contributed by atoms with Gasteiger partial charge < -0.3 is 9.84 Å². The molecular weight excluding hydrogens is 304 g/mol. The number of aromatic nitrogens is 3. The highest BCUT2D eigenvalue weighted by Gasteiger charge is 2.26. The minimum absolute atomic E-state index is 0.240. The molecule has 6 heteroatoms. The first kappa shape index (κ1) is 14.7. The van der Waals surface area contributed by atoms with E-state index < -0.39 is 0 Å². The van der Waals surface area contributed by atoms with E-state index in [1.54, 1.807) is 13.0 Å². The van der Waals surface area contributed by atoms with Crippen LogP contribution in [0.3, 0.4) is 0 Å². The molecule has 0 aliphatic heterocycles. The van der Waals surface area contributed by atoms with Crippen LogP contribution in [-0.4, -0.2) is 20.8 Å². The lowest BCUT2D eigenvalue weighted by Gasteiger charge is -2.14. The molecule has 1 aromatic carbocycles. The summed E-state index contributed by atoms with van der Waals surface area (Å²) in [4.78, 5) is 12.7. The third kappa shape index (κ3) is 2.60. The molecular formula is C18H18N4O2. The van der Waals surface area contributed by atoms with Gasteiger partial charge in [-0.15, -0.1) is 0 Å². The number of hydrogen-bond donors (Lipinski definition) is 1. The molecule has 3 aromatic rings. The lowest BCUT2D eigenvalue weighted by molar-refractivity contribution is 0.102. The third-order valence-corrected chi connectivity index (χ3v) is 4.27. The number of rotatable bonds is 3. The van der Waals surface area contributed by atoms with Crippen LogP contribution in [0.1, 0.15) is 40.3 Å². The highest BCUT2D eigenvalue weighted by molar-refractivity contribution is 6.03. The minimum atomic E-state index is -0.240. The minimum Gasteiger partial charge on any atom is -0.360 e. The van der Waals surface area contributed by atoms with Crippen LogP contribution in [0.15, 0.2) is 40.9 Å². The summed E-state index contributed by atoms with van der Waals surface area (Å²) in [6.45, 7) is 1.79. The summed E-state index contributed by atoms with van der Waals surface area (Å²) in [5, 5.41) is 11.2. The highest BCUT2D eigenvalue weighted by atomic mass is 16.5. The summed E-state index contributed by atoms with van der Waals surface area (Å²) in [5.74, 6) is 0.828. The molecule has 24 heavy (non-hydrogen) atoms. The molecule has 2 heterocycles. The second kappa shape index (κ2) is 5.96. The van der Waals surface area contributed by atoms with Crippen LogP contribution >= 0.6 is 0 Å². The van der Waals surface area contributed by atoms with Crippen molar-refractivity contribution in [3.63, 3.8) is 0 Å². The van der Waals surface area contributed by atoms with Crippen LogP contribution in [0.25, 0.3) is 5.69 Å². The molecule has 0 spiro atoms. The number of carbonyl (C=O) groups is 1. The van der Waals surface area contributed by atoms with Crippen molar-refractivity contribution >= 4 is 11.7 Å². The summed E-state index contributed by atoms with van der Waals surface area (Å²) in [5.41, 5.74) is 3.64. The third-order valence-electron chi connectivity index (χ3n) is 4.27. The first-order valence-corrected chi connectivity index (χ1v) is 8.13. The fourth-order valence-corrected chi connectivity index (χ4v) is 3.16. The Morgan fingerprint density at radius 2 is 2.00 bits per heavy atom. The van der Waals surface area contributed by atoms with Crippen molar-refractivity contribution in [1.82, 2.24) is 14.9 Å². The summed E-state index contributed by atoms with van der Waals surface area (Å²) in [6.07, 6.45) is 4.02. The molecule has 122 valence electrons. The van der Waals surface area contributed by atoms with Gasteiger partial charge in [0.1, 0.15) is 5.76 Å². The molecule has 0 radical (unpaired) electrons. The van der Waals surface area contributed by atoms with E-state index in [1.165, 1.54) is 0 Å². The van der Waals surface area contributed by atoms with E-state index in [-0.39, 0.29) is 5.91 Å². The SMILES string of the molecule is Cc1cc(NC(=O)c2nn(-c3ccccc3)c3c2CCCC3)no1. The summed E-state index contributed by atoms with van der Waals surface area (Å²) in [6, 6.07) is 11.6. The zero-order valence-electron chi connectivity index (χ0n) is 13.5. The summed E-state index contributed by atoms with van der Waals surface area (Å²) >= 11 is 0. The number of nitrogens with zero attached hydrogens (tertiary/aromatic N) is 3. The number of para-hydroxylation sites is 1. The van der Waals surface area contributed by atoms with Gasteiger partial charge in [0.15, 0.2) is 11.5 Å². The topological polar surface area (TPSA) is 73.0 Å². The maximum Gasteiger partial charge on any atom is 0.277 e. The lowest BCUT2D eigenvalue weighted by Crippen LogP contribution is -2.15. The van der Waals surface area contributed by atoms with Crippen molar-refractivity contribution in [1.29, 1.82) is 0 Å². The van der Waals surface area contributed by atoms with E-state index in [1.807, 2.05) is 35.0 Å². The van der Waals surface area contributed by atoms with E-state index >= 15 is 0 Å². The average Bonchev–Trinajstić information content (AvgIpc) is 3.19. The van der Waals surface area contributed by atoms with Gasteiger partial charge >= 0.3 is 0 Å². The maximum absolute atomic E-state index is 12.7. The van der Waals surface area contributed by atoms with Gasteiger partial charge in [0.05, 0.1) is 5.69 Å². The van der Waals surface area contributed by atoms with Gasteiger partial charge in [0, 0.05) is 17.3 Å². The number of hydrogen-bond acceptors (Lipinski definition) is 4. The van der Waals surface area contributed by atoms with Gasteiger partial charge in [-0.1, -0.05) is 23.4 Å². The molecule has 6 nitrogen and oxygen atoms in total. The summed E-state index contributed by atoms with van der Waals surface area (Å²) in [7, 11) is 0. The van der Waals surface area contributed by atoms with Gasteiger partial charge in [-0.2, -0.15) is 5.10 Å². The van der Waals surface area contributed by atoms with Crippen LogP contribution in [0, 0.1) is 6.92 Å². The number of benzene rings is 1. The molecule has 1 aliphatic carbocycles. The largest absolute Gasteiger partial charge is 0.360 e. The number of carbonyl (C=O) groups excluding carboxylic acids is 1. The van der Waals surface area contributed by atoms with Crippen molar-refractivity contribution in [2.75, 3.05) is 5.32 Å². The van der Waals surface area contributed by atoms with E-state index in [2.05, 4.69) is 15.6 Å². The van der Waals surface area contributed by atoms with Crippen LogP contribution in [0.2, 0.25) is 0 Å². The average molecular weight is 322 g/mol. The van der Waals surface area contributed by atoms with Gasteiger partial charge in [0.25, 0.3) is 5.91 Å². The van der Waals surface area contributed by atoms with Gasteiger partial charge in [-0.05, 0) is 44.7 Å². The van der Waals surface area contributed by atoms with Crippen LogP contribution in [0.4, 0.5) is 5.82 Å². The lowest BCUT2D eigenvalue weighted by atomic mass is 9.95. The van der Waals surface area contributed by atoms with Gasteiger partial charge in [-0.3, -0.25) is 4.79 Å². The molecule has 1 amide bonds. The first-order valence-electron chi connectivity index (χ1n) is 8.13. The Morgan fingerprint density at radius 3 is 2.75 bits per heavy atom. The van der Waals surface area contributed by atoms with Crippen LogP contribution in [0.5, 0.6) is 0 Å². The molecule has 0 bridgehead atoms. The molecule has 4 rings (SSSR count). The molecule has 1 N–H and O–H groups in total.